The number of rotatable bonds is 5. The van der Waals surface area contributed by atoms with Gasteiger partial charge in [0.25, 0.3) is 0 Å². The summed E-state index contributed by atoms with van der Waals surface area (Å²) in [5.74, 6) is -1.06. The van der Waals surface area contributed by atoms with Crippen LogP contribution in [0.25, 0.3) is 0 Å². The van der Waals surface area contributed by atoms with Gasteiger partial charge in [0, 0.05) is 45.2 Å². The normalized spacial score (nSPS) is 31.2. The fourth-order valence-corrected chi connectivity index (χ4v) is 9.38. The summed E-state index contributed by atoms with van der Waals surface area (Å²) in [4.78, 5) is 80.0. The minimum absolute atomic E-state index is 0.0138. The Balaban J connectivity index is 1.69. The minimum atomic E-state index is -0.976. The Kier molecular flexibility index (Phi) is 16.7. The van der Waals surface area contributed by atoms with Crippen molar-refractivity contribution in [2.75, 3.05) is 33.5 Å². The van der Waals surface area contributed by atoms with Gasteiger partial charge in [-0.25, -0.2) is 4.79 Å². The number of hydrogen-bond donors (Lipinski definition) is 2. The summed E-state index contributed by atoms with van der Waals surface area (Å²) in [5, 5.41) is 15.2. The van der Waals surface area contributed by atoms with Gasteiger partial charge in [-0.15, -0.1) is 11.8 Å². The molecule has 0 aliphatic carbocycles. The van der Waals surface area contributed by atoms with Crippen LogP contribution in [-0.2, 0) is 35.1 Å². The molecule has 4 amide bonds. The summed E-state index contributed by atoms with van der Waals surface area (Å²) in [7, 11) is 4.70. The number of nitrogens with one attached hydrogen (secondary N) is 1. The van der Waals surface area contributed by atoms with Crippen molar-refractivity contribution in [3.05, 3.63) is 29.8 Å². The van der Waals surface area contributed by atoms with E-state index >= 15 is 0 Å². The van der Waals surface area contributed by atoms with Crippen molar-refractivity contribution in [2.45, 2.75) is 149 Å². The molecule has 2 N–H and O–H groups in total. The van der Waals surface area contributed by atoms with Crippen LogP contribution in [-0.4, -0.2) is 130 Å². The van der Waals surface area contributed by atoms with E-state index in [1.807, 2.05) is 53.7 Å². The molecule has 324 valence electrons. The quantitative estimate of drug-likeness (QED) is 0.385. The molecule has 2 bridgehead atoms. The molecule has 0 radical (unpaired) electrons. The topological polar surface area (TPSA) is 158 Å². The predicted molar refractivity (Wildman–Crippen MR) is 227 cm³/mol. The molecule has 3 heterocycles. The van der Waals surface area contributed by atoms with E-state index in [2.05, 4.69) is 12.2 Å². The van der Waals surface area contributed by atoms with Crippen molar-refractivity contribution in [1.82, 2.24) is 20.0 Å². The van der Waals surface area contributed by atoms with Crippen molar-refractivity contribution in [2.24, 2.45) is 28.2 Å². The van der Waals surface area contributed by atoms with Crippen LogP contribution in [0.2, 0.25) is 0 Å². The van der Waals surface area contributed by atoms with Gasteiger partial charge in [-0.1, -0.05) is 67.0 Å². The number of aliphatic hydroxyl groups is 1. The second-order valence-electron chi connectivity index (χ2n) is 18.0. The van der Waals surface area contributed by atoms with E-state index in [0.29, 0.717) is 56.6 Å². The number of amides is 4. The number of likely N-dealkylation sites (N-methyl/N-ethyl adjacent to an activating group) is 2. The van der Waals surface area contributed by atoms with Crippen molar-refractivity contribution in [3.63, 3.8) is 0 Å². The van der Waals surface area contributed by atoms with Gasteiger partial charge in [-0.05, 0) is 74.0 Å². The monoisotopic (exact) mass is 827 g/mol. The molecule has 0 unspecified atom stereocenters. The van der Waals surface area contributed by atoms with Crippen molar-refractivity contribution in [1.29, 1.82) is 0 Å². The molecule has 1 saturated heterocycles. The zero-order chi connectivity index (χ0) is 43.1. The molecule has 3 aliphatic rings. The maximum absolute atomic E-state index is 14.6. The fourth-order valence-electron chi connectivity index (χ4n) is 8.13. The highest BCUT2D eigenvalue weighted by atomic mass is 32.2. The second-order valence-corrected chi connectivity index (χ2v) is 19.0. The van der Waals surface area contributed by atoms with Crippen molar-refractivity contribution < 1.29 is 38.6 Å². The Bertz CT molecular complexity index is 1630. The molecule has 3 aliphatic heterocycles. The molecular formula is C44H69N5O8S. The first-order valence-corrected chi connectivity index (χ1v) is 22.1. The van der Waals surface area contributed by atoms with Crippen molar-refractivity contribution >= 4 is 46.4 Å². The molecule has 1 fully saturated rings. The third-order valence-electron chi connectivity index (χ3n) is 12.4. The highest BCUT2D eigenvalue weighted by Gasteiger charge is 2.44. The molecule has 13 nitrogen and oxygen atoms in total. The average molecular weight is 828 g/mol. The first-order chi connectivity index (χ1) is 27.3. The van der Waals surface area contributed by atoms with Gasteiger partial charge in [-0.2, -0.15) is 0 Å². The highest BCUT2D eigenvalue weighted by Crippen LogP contribution is 2.34. The number of carbonyl (C=O) groups excluding carboxylic acids is 5. The van der Waals surface area contributed by atoms with Crippen LogP contribution in [0.4, 0.5) is 0 Å². The summed E-state index contributed by atoms with van der Waals surface area (Å²) >= 11 is 1.60. The molecule has 10 atom stereocenters. The van der Waals surface area contributed by atoms with Gasteiger partial charge in [0.05, 0.1) is 24.3 Å². The molecular weight excluding hydrogens is 759 g/mol. The molecule has 1 aromatic carbocycles. The lowest BCUT2D eigenvalue weighted by molar-refractivity contribution is -0.166. The van der Waals surface area contributed by atoms with E-state index in [0.717, 1.165) is 10.6 Å². The van der Waals surface area contributed by atoms with Gasteiger partial charge < -0.3 is 34.6 Å². The van der Waals surface area contributed by atoms with E-state index in [9.17, 15) is 29.1 Å². The van der Waals surface area contributed by atoms with Crippen LogP contribution in [0.5, 0.6) is 5.75 Å². The van der Waals surface area contributed by atoms with Gasteiger partial charge >= 0.3 is 5.97 Å². The number of aliphatic imine (C=N–C) groups is 1. The van der Waals surface area contributed by atoms with E-state index in [1.165, 1.54) is 9.80 Å². The Hall–Kier alpha value is -3.65. The Morgan fingerprint density at radius 2 is 1.66 bits per heavy atom. The SMILES string of the molecule is CC[C@H](C)[C@@H]1C(=O)N2CCC[C@@H]2C(=O)O[C@H](C(C)(C)C)C[C@@H](C)C[C@@H](O)[C@H](C)C2=N[C@H](CCC(=O)N[C@@H](Cc3ccc(OC)cc3)C(=O)N(C)[C@@H](C)C(=O)N1C)CS2. The zero-order valence-corrected chi connectivity index (χ0v) is 37.5. The lowest BCUT2D eigenvalue weighted by Gasteiger charge is -2.39. The molecule has 0 saturated carbocycles. The van der Waals surface area contributed by atoms with E-state index in [-0.39, 0.29) is 48.5 Å². The number of thioether (sulfide) groups is 1. The first-order valence-electron chi connectivity index (χ1n) is 21.1. The Morgan fingerprint density at radius 3 is 2.28 bits per heavy atom. The molecule has 0 aromatic heterocycles. The summed E-state index contributed by atoms with van der Waals surface area (Å²) in [5.41, 5.74) is 0.396. The molecule has 0 spiro atoms. The van der Waals surface area contributed by atoms with Crippen LogP contribution in [0, 0.1) is 23.2 Å². The summed E-state index contributed by atoms with van der Waals surface area (Å²) in [6, 6.07) is 3.51. The lowest BCUT2D eigenvalue weighted by Crippen LogP contribution is -2.59. The zero-order valence-electron chi connectivity index (χ0n) is 36.7. The standard InChI is InChI=1S/C44H69N5O8S/c1-12-27(3)38-42(54)49-21-13-14-34(49)43(55)57-36(44(6,7)8)23-26(2)22-35(50)28(4)39-45-31(25-58-39)17-20-37(51)46-33(24-30-15-18-32(56-11)19-16-30)41(53)47(9)29(5)40(52)48(38)10/h15-16,18-19,26-29,31,33-36,38,50H,12-14,17,20-25H2,1-11H3,(H,46,51)/t26-,27-,28-,29-,31+,33-,34+,35+,36-,38+/m0/s1. The van der Waals surface area contributed by atoms with Gasteiger partial charge in [0.2, 0.25) is 23.6 Å². The lowest BCUT2D eigenvalue weighted by atomic mass is 9.81. The number of esters is 1. The van der Waals surface area contributed by atoms with Crippen LogP contribution in [0.3, 0.4) is 0 Å². The third kappa shape index (κ3) is 11.8. The average Bonchev–Trinajstić information content (AvgIpc) is 3.88. The Labute approximate surface area is 350 Å². The number of aliphatic hydroxyl groups excluding tert-OH is 1. The van der Waals surface area contributed by atoms with E-state index in [4.69, 9.17) is 14.5 Å². The summed E-state index contributed by atoms with van der Waals surface area (Å²) < 4.78 is 11.6. The van der Waals surface area contributed by atoms with E-state index in [1.54, 1.807) is 56.9 Å². The maximum Gasteiger partial charge on any atom is 0.329 e. The number of fused-ring (bicyclic) bond motifs is 2. The first kappa shape index (κ1) is 47.0. The number of methoxy groups -OCH3 is 1. The minimum Gasteiger partial charge on any atom is -0.497 e. The maximum atomic E-state index is 14.6. The van der Waals surface area contributed by atoms with Crippen molar-refractivity contribution in [3.8, 4) is 5.75 Å². The highest BCUT2D eigenvalue weighted by molar-refractivity contribution is 8.14. The number of ether oxygens (including phenoxy) is 2. The van der Waals surface area contributed by atoms with E-state index < -0.39 is 59.6 Å². The largest absolute Gasteiger partial charge is 0.497 e. The fraction of sp³-hybridized carbons (Fsp3) is 0.727. The molecule has 1 aromatic rings. The number of cyclic esters (lactones) is 1. The van der Waals surface area contributed by atoms with Crippen LogP contribution in [0.1, 0.15) is 106 Å². The Morgan fingerprint density at radius 1 is 0.983 bits per heavy atom. The summed E-state index contributed by atoms with van der Waals surface area (Å²) in [6.45, 7) is 16.0. The smallest absolute Gasteiger partial charge is 0.329 e. The van der Waals surface area contributed by atoms with Gasteiger partial charge in [0.1, 0.15) is 36.0 Å². The van der Waals surface area contributed by atoms with Crippen LogP contribution < -0.4 is 10.1 Å². The second kappa shape index (κ2) is 20.5. The number of hydrogen-bond acceptors (Lipinski definition) is 10. The number of nitrogens with zero attached hydrogens (tertiary/aromatic N) is 4. The molecule has 14 heteroatoms. The molecule has 58 heavy (non-hydrogen) atoms. The van der Waals surface area contributed by atoms with Gasteiger partial charge in [-0.3, -0.25) is 24.2 Å². The third-order valence-corrected chi connectivity index (χ3v) is 13.7. The van der Waals surface area contributed by atoms with Gasteiger partial charge in [0.15, 0.2) is 0 Å². The van der Waals surface area contributed by atoms with Crippen LogP contribution in [0.15, 0.2) is 29.3 Å². The van der Waals surface area contributed by atoms with Crippen LogP contribution >= 0.6 is 11.8 Å². The predicted octanol–water partition coefficient (Wildman–Crippen LogP) is 5.11. The summed E-state index contributed by atoms with van der Waals surface area (Å²) in [6.07, 6.45) is 2.36. The number of carbonyl (C=O) groups is 5. The molecule has 4 rings (SSSR count). The number of benzene rings is 1.